The third-order valence-corrected chi connectivity index (χ3v) is 6.62. The highest BCUT2D eigenvalue weighted by atomic mass is 16.5. The van der Waals surface area contributed by atoms with Crippen molar-refractivity contribution in [3.63, 3.8) is 0 Å². The Labute approximate surface area is 186 Å². The summed E-state index contributed by atoms with van der Waals surface area (Å²) >= 11 is 0. The maximum atomic E-state index is 6.30. The molecule has 2 aliphatic rings. The quantitative estimate of drug-likeness (QED) is 0.296. The number of benzene rings is 4. The maximum absolute atomic E-state index is 6.30. The van der Waals surface area contributed by atoms with Crippen molar-refractivity contribution in [3.05, 3.63) is 120 Å². The number of fused-ring (bicyclic) bond motifs is 6. The Morgan fingerprint density at radius 1 is 0.625 bits per heavy atom. The Balaban J connectivity index is 1.37. The first kappa shape index (κ1) is 17.6. The fraction of sp³-hybridized carbons (Fsp3) is 0.0667. The van der Waals surface area contributed by atoms with Gasteiger partial charge in [0.15, 0.2) is 0 Å². The minimum atomic E-state index is 0.0371. The van der Waals surface area contributed by atoms with Gasteiger partial charge in [0.25, 0.3) is 0 Å². The molecule has 0 N–H and O–H groups in total. The van der Waals surface area contributed by atoms with Gasteiger partial charge in [-0.25, -0.2) is 0 Å². The lowest BCUT2D eigenvalue weighted by Crippen LogP contribution is -2.16. The largest absolute Gasteiger partial charge is 0.485 e. The maximum Gasteiger partial charge on any atom is 0.139 e. The van der Waals surface area contributed by atoms with Crippen molar-refractivity contribution in [2.45, 2.75) is 12.0 Å². The van der Waals surface area contributed by atoms with Gasteiger partial charge in [-0.3, -0.25) is 0 Å². The Hall–Kier alpha value is -4.04. The molecule has 0 saturated heterocycles. The molecule has 5 aromatic rings. The zero-order valence-corrected chi connectivity index (χ0v) is 17.4. The van der Waals surface area contributed by atoms with Gasteiger partial charge >= 0.3 is 0 Å². The van der Waals surface area contributed by atoms with Crippen LogP contribution >= 0.6 is 0 Å². The molecule has 0 fully saturated rings. The molecule has 0 spiro atoms. The number of ether oxygens (including phenoxy) is 1. The first-order valence-electron chi connectivity index (χ1n) is 11.0. The van der Waals surface area contributed by atoms with Gasteiger partial charge in [0.2, 0.25) is 0 Å². The Kier molecular flexibility index (Phi) is 3.71. The van der Waals surface area contributed by atoms with Crippen molar-refractivity contribution >= 4 is 27.5 Å². The number of hydrogen-bond donors (Lipinski definition) is 0. The summed E-state index contributed by atoms with van der Waals surface area (Å²) in [6.07, 6.45) is 6.74. The van der Waals surface area contributed by atoms with Crippen LogP contribution in [0.2, 0.25) is 0 Å². The highest BCUT2D eigenvalue weighted by Crippen LogP contribution is 2.46. The topological polar surface area (TPSA) is 22.4 Å². The molecule has 0 saturated carbocycles. The smallest absolute Gasteiger partial charge is 0.139 e. The summed E-state index contributed by atoms with van der Waals surface area (Å²) in [4.78, 5) is 0. The van der Waals surface area contributed by atoms with E-state index in [4.69, 9.17) is 9.15 Å². The predicted molar refractivity (Wildman–Crippen MR) is 130 cm³/mol. The second kappa shape index (κ2) is 6.73. The highest BCUT2D eigenvalue weighted by molar-refractivity contribution is 6.07. The van der Waals surface area contributed by atoms with Gasteiger partial charge in [-0.15, -0.1) is 0 Å². The SMILES string of the molecule is C1=CC2Oc3cc4oc5ccc(-c6ccccc6)cc5c4cc3C2C=C1c1ccccc1. The fourth-order valence-corrected chi connectivity index (χ4v) is 5.00. The summed E-state index contributed by atoms with van der Waals surface area (Å²) in [6.45, 7) is 0. The zero-order valence-electron chi connectivity index (χ0n) is 17.4. The lowest BCUT2D eigenvalue weighted by atomic mass is 9.86. The van der Waals surface area contributed by atoms with Crippen LogP contribution < -0.4 is 4.74 Å². The van der Waals surface area contributed by atoms with Crippen LogP contribution in [0.5, 0.6) is 5.75 Å². The van der Waals surface area contributed by atoms with Gasteiger partial charge in [0, 0.05) is 28.3 Å². The Morgan fingerprint density at radius 2 is 1.38 bits per heavy atom. The van der Waals surface area contributed by atoms with E-state index in [0.717, 1.165) is 27.7 Å². The molecular weight excluding hydrogens is 392 g/mol. The molecule has 2 unspecified atom stereocenters. The lowest BCUT2D eigenvalue weighted by Gasteiger charge is -2.18. The second-order valence-electron chi connectivity index (χ2n) is 8.52. The molecule has 2 heteroatoms. The summed E-state index contributed by atoms with van der Waals surface area (Å²) < 4.78 is 12.5. The lowest BCUT2D eigenvalue weighted by molar-refractivity contribution is 0.269. The molecule has 0 amide bonds. The molecule has 2 atom stereocenters. The van der Waals surface area contributed by atoms with Crippen molar-refractivity contribution in [1.29, 1.82) is 0 Å². The number of hydrogen-bond acceptors (Lipinski definition) is 2. The van der Waals surface area contributed by atoms with Gasteiger partial charge in [0.1, 0.15) is 23.0 Å². The predicted octanol–water partition coefficient (Wildman–Crippen LogP) is 7.75. The number of allylic oxidation sites excluding steroid dienone is 2. The average Bonchev–Trinajstić information content (AvgIpc) is 3.40. The van der Waals surface area contributed by atoms with E-state index in [2.05, 4.69) is 103 Å². The van der Waals surface area contributed by atoms with Crippen molar-refractivity contribution in [3.8, 4) is 16.9 Å². The van der Waals surface area contributed by atoms with Crippen LogP contribution in [0.15, 0.2) is 114 Å². The van der Waals surface area contributed by atoms with E-state index in [1.807, 2.05) is 6.07 Å². The van der Waals surface area contributed by atoms with Crippen molar-refractivity contribution in [1.82, 2.24) is 0 Å². The van der Waals surface area contributed by atoms with E-state index in [1.54, 1.807) is 0 Å². The molecular formula is C30H20O2. The average molecular weight is 412 g/mol. The monoisotopic (exact) mass is 412 g/mol. The van der Waals surface area contributed by atoms with Gasteiger partial charge < -0.3 is 9.15 Å². The van der Waals surface area contributed by atoms with Crippen LogP contribution in [0.1, 0.15) is 17.0 Å². The molecule has 1 aliphatic heterocycles. The second-order valence-corrected chi connectivity index (χ2v) is 8.52. The summed E-state index contributed by atoms with van der Waals surface area (Å²) in [7, 11) is 0. The van der Waals surface area contributed by atoms with Crippen LogP contribution in [-0.2, 0) is 0 Å². The summed E-state index contributed by atoms with van der Waals surface area (Å²) in [5.41, 5.74) is 7.89. The van der Waals surface area contributed by atoms with Crippen LogP contribution in [-0.4, -0.2) is 6.10 Å². The Morgan fingerprint density at radius 3 is 2.19 bits per heavy atom. The standard InChI is InChI=1S/C30H20O2/c1-3-7-19(8-4-1)21-11-13-27-23(15-21)25-17-26-24-16-22(20-9-5-2-6-10-20)12-14-28(24)32-30(26)18-29(25)31-27/h1-18,23,27H. The molecule has 1 aromatic heterocycles. The van der Waals surface area contributed by atoms with Crippen molar-refractivity contribution in [2.75, 3.05) is 0 Å². The summed E-state index contributed by atoms with van der Waals surface area (Å²) in [5.74, 6) is 1.13. The van der Waals surface area contributed by atoms with Gasteiger partial charge in [-0.1, -0.05) is 78.9 Å². The van der Waals surface area contributed by atoms with E-state index < -0.39 is 0 Å². The summed E-state index contributed by atoms with van der Waals surface area (Å²) in [5, 5.41) is 2.29. The van der Waals surface area contributed by atoms with Gasteiger partial charge in [0.05, 0.1) is 0 Å². The summed E-state index contributed by atoms with van der Waals surface area (Å²) in [6, 6.07) is 31.8. The van der Waals surface area contributed by atoms with E-state index in [9.17, 15) is 0 Å². The van der Waals surface area contributed by atoms with Crippen molar-refractivity contribution in [2.24, 2.45) is 0 Å². The first-order chi connectivity index (χ1) is 15.8. The van der Waals surface area contributed by atoms with Gasteiger partial charge in [-0.2, -0.15) is 0 Å². The fourth-order valence-electron chi connectivity index (χ4n) is 5.00. The molecule has 2 heterocycles. The van der Waals surface area contributed by atoms with Crippen LogP contribution in [0.4, 0.5) is 0 Å². The molecule has 1 aliphatic carbocycles. The van der Waals surface area contributed by atoms with E-state index >= 15 is 0 Å². The molecule has 7 rings (SSSR count). The van der Waals surface area contributed by atoms with E-state index in [-0.39, 0.29) is 12.0 Å². The minimum Gasteiger partial charge on any atom is -0.485 e. The van der Waals surface area contributed by atoms with Crippen LogP contribution in [0.3, 0.4) is 0 Å². The third kappa shape index (κ3) is 2.66. The van der Waals surface area contributed by atoms with Gasteiger partial charge in [-0.05, 0) is 46.5 Å². The highest BCUT2D eigenvalue weighted by Gasteiger charge is 2.34. The number of furan rings is 1. The number of rotatable bonds is 2. The zero-order chi connectivity index (χ0) is 21.1. The molecule has 4 aromatic carbocycles. The third-order valence-electron chi connectivity index (χ3n) is 6.62. The molecule has 32 heavy (non-hydrogen) atoms. The minimum absolute atomic E-state index is 0.0371. The van der Waals surface area contributed by atoms with E-state index in [1.165, 1.54) is 27.8 Å². The Bertz CT molecular complexity index is 1540. The molecule has 0 bridgehead atoms. The van der Waals surface area contributed by atoms with Crippen molar-refractivity contribution < 1.29 is 9.15 Å². The molecule has 0 radical (unpaired) electrons. The molecule has 2 nitrogen and oxygen atoms in total. The van der Waals surface area contributed by atoms with Crippen LogP contribution in [0.25, 0.3) is 38.6 Å². The van der Waals surface area contributed by atoms with Crippen LogP contribution in [0, 0.1) is 0 Å². The molecule has 152 valence electrons. The van der Waals surface area contributed by atoms with E-state index in [0.29, 0.717) is 0 Å². The normalized spacial score (nSPS) is 18.9. The first-order valence-corrected chi connectivity index (χ1v) is 11.0.